The Balaban J connectivity index is 1.93. The van der Waals surface area contributed by atoms with E-state index in [9.17, 15) is 0 Å². The van der Waals surface area contributed by atoms with Crippen molar-refractivity contribution in [3.63, 3.8) is 0 Å². The molecular weight excluding hydrogens is 250 g/mol. The number of aromatic nitrogens is 2. The molecule has 2 N–H and O–H groups in total. The molecule has 4 nitrogen and oxygen atoms in total. The first-order chi connectivity index (χ1) is 9.76. The Morgan fingerprint density at radius 2 is 1.95 bits per heavy atom. The van der Waals surface area contributed by atoms with Gasteiger partial charge in [0.05, 0.1) is 18.0 Å². The van der Waals surface area contributed by atoms with E-state index in [0.717, 1.165) is 37.3 Å². The van der Waals surface area contributed by atoms with Crippen molar-refractivity contribution in [1.29, 1.82) is 0 Å². The number of benzene rings is 1. The summed E-state index contributed by atoms with van der Waals surface area (Å²) in [5.74, 6) is 0. The number of hydrogen-bond donors (Lipinski definition) is 2. The molecule has 0 aliphatic heterocycles. The van der Waals surface area contributed by atoms with Crippen LogP contribution < -0.4 is 5.32 Å². The van der Waals surface area contributed by atoms with Gasteiger partial charge in [0.25, 0.3) is 0 Å². The zero-order chi connectivity index (χ0) is 14.4. The number of hydrogen-bond acceptors (Lipinski definition) is 3. The van der Waals surface area contributed by atoms with E-state index in [1.54, 1.807) is 0 Å². The number of aliphatic hydroxyl groups is 1. The van der Waals surface area contributed by atoms with E-state index in [1.165, 1.54) is 11.3 Å². The molecule has 108 valence electrons. The standard InChI is InChI=1S/C16H23N3O/c1-3-15-9-16(19(4-2)18-15)11-17-10-13-6-5-7-14(8-13)12-20/h5-9,17,20H,3-4,10-12H2,1-2H3. The lowest BCUT2D eigenvalue weighted by molar-refractivity contribution is 0.281. The van der Waals surface area contributed by atoms with Gasteiger partial charge in [0.2, 0.25) is 0 Å². The fourth-order valence-electron chi connectivity index (χ4n) is 2.28. The molecule has 1 aromatic carbocycles. The van der Waals surface area contributed by atoms with Crippen LogP contribution in [0.15, 0.2) is 30.3 Å². The zero-order valence-electron chi connectivity index (χ0n) is 12.3. The van der Waals surface area contributed by atoms with Gasteiger partial charge in [-0.2, -0.15) is 5.10 Å². The summed E-state index contributed by atoms with van der Waals surface area (Å²) in [6.45, 7) is 6.84. The maximum Gasteiger partial charge on any atom is 0.0681 e. The van der Waals surface area contributed by atoms with Crippen LogP contribution in [0.25, 0.3) is 0 Å². The van der Waals surface area contributed by atoms with Crippen LogP contribution in [0.5, 0.6) is 0 Å². The van der Waals surface area contributed by atoms with Gasteiger partial charge in [0, 0.05) is 19.6 Å². The fraction of sp³-hybridized carbons (Fsp3) is 0.438. The summed E-state index contributed by atoms with van der Waals surface area (Å²) in [7, 11) is 0. The predicted octanol–water partition coefficient (Wildman–Crippen LogP) is 2.25. The van der Waals surface area contributed by atoms with Crippen molar-refractivity contribution in [2.24, 2.45) is 0 Å². The first-order valence-electron chi connectivity index (χ1n) is 7.21. The Labute approximate surface area is 120 Å². The van der Waals surface area contributed by atoms with E-state index in [0.29, 0.717) is 0 Å². The van der Waals surface area contributed by atoms with Gasteiger partial charge in [0.15, 0.2) is 0 Å². The van der Waals surface area contributed by atoms with Gasteiger partial charge < -0.3 is 10.4 Å². The normalized spacial score (nSPS) is 10.9. The lowest BCUT2D eigenvalue weighted by atomic mass is 10.1. The molecular formula is C16H23N3O. The molecule has 1 aromatic heterocycles. The molecule has 2 rings (SSSR count). The van der Waals surface area contributed by atoms with E-state index in [2.05, 4.69) is 41.1 Å². The molecule has 0 aliphatic carbocycles. The summed E-state index contributed by atoms with van der Waals surface area (Å²) >= 11 is 0. The first-order valence-corrected chi connectivity index (χ1v) is 7.21. The minimum atomic E-state index is 0.0936. The van der Waals surface area contributed by atoms with Gasteiger partial charge in [-0.1, -0.05) is 31.2 Å². The first kappa shape index (κ1) is 14.8. The number of rotatable bonds is 7. The van der Waals surface area contributed by atoms with Crippen LogP contribution in [0.1, 0.15) is 36.4 Å². The van der Waals surface area contributed by atoms with Crippen molar-refractivity contribution in [2.75, 3.05) is 0 Å². The highest BCUT2D eigenvalue weighted by Crippen LogP contribution is 2.08. The molecule has 0 amide bonds. The fourth-order valence-corrected chi connectivity index (χ4v) is 2.28. The van der Waals surface area contributed by atoms with Crippen molar-refractivity contribution in [1.82, 2.24) is 15.1 Å². The summed E-state index contributed by atoms with van der Waals surface area (Å²) < 4.78 is 2.05. The third-order valence-corrected chi connectivity index (χ3v) is 3.38. The maximum atomic E-state index is 9.13. The van der Waals surface area contributed by atoms with E-state index in [-0.39, 0.29) is 6.61 Å². The van der Waals surface area contributed by atoms with Gasteiger partial charge in [-0.05, 0) is 30.5 Å². The van der Waals surface area contributed by atoms with Crippen LogP contribution in [-0.2, 0) is 32.7 Å². The minimum absolute atomic E-state index is 0.0936. The zero-order valence-corrected chi connectivity index (χ0v) is 12.3. The molecule has 0 bridgehead atoms. The SMILES string of the molecule is CCc1cc(CNCc2cccc(CO)c2)n(CC)n1. The Kier molecular flexibility index (Phi) is 5.32. The van der Waals surface area contributed by atoms with E-state index in [1.807, 2.05) is 18.2 Å². The highest BCUT2D eigenvalue weighted by molar-refractivity contribution is 5.22. The Hall–Kier alpha value is -1.65. The Morgan fingerprint density at radius 3 is 2.65 bits per heavy atom. The number of nitrogens with zero attached hydrogens (tertiary/aromatic N) is 2. The highest BCUT2D eigenvalue weighted by atomic mass is 16.3. The summed E-state index contributed by atoms with van der Waals surface area (Å²) in [6, 6.07) is 10.2. The molecule has 0 saturated carbocycles. The van der Waals surface area contributed by atoms with E-state index in [4.69, 9.17) is 5.11 Å². The van der Waals surface area contributed by atoms with Crippen LogP contribution in [-0.4, -0.2) is 14.9 Å². The largest absolute Gasteiger partial charge is 0.392 e. The van der Waals surface area contributed by atoms with Gasteiger partial charge in [0.1, 0.15) is 0 Å². The van der Waals surface area contributed by atoms with Crippen LogP contribution in [0, 0.1) is 0 Å². The van der Waals surface area contributed by atoms with Gasteiger partial charge in [-0.15, -0.1) is 0 Å². The highest BCUT2D eigenvalue weighted by Gasteiger charge is 2.05. The monoisotopic (exact) mass is 273 g/mol. The molecule has 1 heterocycles. The lowest BCUT2D eigenvalue weighted by Crippen LogP contribution is -2.16. The predicted molar refractivity (Wildman–Crippen MR) is 80.2 cm³/mol. The third-order valence-electron chi connectivity index (χ3n) is 3.38. The second-order valence-electron chi connectivity index (χ2n) is 4.88. The van der Waals surface area contributed by atoms with Crippen molar-refractivity contribution < 1.29 is 5.11 Å². The summed E-state index contributed by atoms with van der Waals surface area (Å²) in [6.07, 6.45) is 0.971. The van der Waals surface area contributed by atoms with Crippen molar-refractivity contribution in [3.05, 3.63) is 52.8 Å². The number of aryl methyl sites for hydroxylation is 2. The second-order valence-corrected chi connectivity index (χ2v) is 4.88. The van der Waals surface area contributed by atoms with Gasteiger partial charge >= 0.3 is 0 Å². The smallest absolute Gasteiger partial charge is 0.0681 e. The third kappa shape index (κ3) is 3.68. The summed E-state index contributed by atoms with van der Waals surface area (Å²) in [5.41, 5.74) is 4.51. The molecule has 0 radical (unpaired) electrons. The molecule has 4 heteroatoms. The summed E-state index contributed by atoms with van der Waals surface area (Å²) in [4.78, 5) is 0. The maximum absolute atomic E-state index is 9.13. The minimum Gasteiger partial charge on any atom is -0.392 e. The van der Waals surface area contributed by atoms with Crippen molar-refractivity contribution >= 4 is 0 Å². The number of aliphatic hydroxyl groups excluding tert-OH is 1. The van der Waals surface area contributed by atoms with Crippen molar-refractivity contribution in [2.45, 2.75) is 46.5 Å². The molecule has 0 atom stereocenters. The molecule has 0 unspecified atom stereocenters. The van der Waals surface area contributed by atoms with E-state index < -0.39 is 0 Å². The molecule has 2 aromatic rings. The topological polar surface area (TPSA) is 50.1 Å². The molecule has 0 fully saturated rings. The summed E-state index contributed by atoms with van der Waals surface area (Å²) in [5, 5.41) is 17.1. The average Bonchev–Trinajstić information content (AvgIpc) is 2.90. The average molecular weight is 273 g/mol. The molecule has 0 aliphatic rings. The van der Waals surface area contributed by atoms with E-state index >= 15 is 0 Å². The van der Waals surface area contributed by atoms with Gasteiger partial charge in [-0.3, -0.25) is 4.68 Å². The molecule has 20 heavy (non-hydrogen) atoms. The van der Waals surface area contributed by atoms with Crippen LogP contribution in [0.2, 0.25) is 0 Å². The van der Waals surface area contributed by atoms with Crippen LogP contribution in [0.4, 0.5) is 0 Å². The van der Waals surface area contributed by atoms with Crippen molar-refractivity contribution in [3.8, 4) is 0 Å². The lowest BCUT2D eigenvalue weighted by Gasteiger charge is -2.07. The van der Waals surface area contributed by atoms with Crippen LogP contribution in [0.3, 0.4) is 0 Å². The number of nitrogens with one attached hydrogen (secondary N) is 1. The van der Waals surface area contributed by atoms with Crippen LogP contribution >= 0.6 is 0 Å². The molecule has 0 spiro atoms. The molecule has 0 saturated heterocycles. The quantitative estimate of drug-likeness (QED) is 0.813. The Bertz CT molecular complexity index is 548. The Morgan fingerprint density at radius 1 is 1.15 bits per heavy atom. The van der Waals surface area contributed by atoms with Gasteiger partial charge in [-0.25, -0.2) is 0 Å². The second kappa shape index (κ2) is 7.22.